The van der Waals surface area contributed by atoms with E-state index in [4.69, 9.17) is 5.73 Å². The van der Waals surface area contributed by atoms with E-state index in [9.17, 15) is 0 Å². The predicted octanol–water partition coefficient (Wildman–Crippen LogP) is 0.990. The van der Waals surface area contributed by atoms with Crippen molar-refractivity contribution in [1.82, 2.24) is 0 Å². The SMILES string of the molecule is CC1C(C)C12CC2N. The second-order valence-corrected chi connectivity index (χ2v) is 3.50. The van der Waals surface area contributed by atoms with Crippen LogP contribution in [0.1, 0.15) is 20.3 Å². The molecule has 2 saturated carbocycles. The van der Waals surface area contributed by atoms with Crippen molar-refractivity contribution in [2.45, 2.75) is 26.3 Å². The van der Waals surface area contributed by atoms with Gasteiger partial charge in [0.05, 0.1) is 0 Å². The highest BCUT2D eigenvalue weighted by Gasteiger charge is 2.72. The number of hydrogen-bond donors (Lipinski definition) is 1. The summed E-state index contributed by atoms with van der Waals surface area (Å²) < 4.78 is 0. The zero-order chi connectivity index (χ0) is 5.94. The van der Waals surface area contributed by atoms with Gasteiger partial charge in [0.15, 0.2) is 0 Å². The molecule has 1 heteroatoms. The molecule has 0 bridgehead atoms. The van der Waals surface area contributed by atoms with E-state index in [1.165, 1.54) is 6.42 Å². The Balaban J connectivity index is 2.14. The van der Waals surface area contributed by atoms with Crippen LogP contribution in [0.5, 0.6) is 0 Å². The summed E-state index contributed by atoms with van der Waals surface area (Å²) in [6.07, 6.45) is 1.30. The van der Waals surface area contributed by atoms with Crippen LogP contribution < -0.4 is 5.73 Å². The third-order valence-corrected chi connectivity index (χ3v) is 3.44. The smallest absolute Gasteiger partial charge is 0.0107 e. The van der Waals surface area contributed by atoms with Gasteiger partial charge in [-0.2, -0.15) is 0 Å². The van der Waals surface area contributed by atoms with Crippen molar-refractivity contribution in [3.8, 4) is 0 Å². The maximum atomic E-state index is 5.74. The van der Waals surface area contributed by atoms with Gasteiger partial charge in [0, 0.05) is 6.04 Å². The zero-order valence-electron chi connectivity index (χ0n) is 5.52. The van der Waals surface area contributed by atoms with Crippen LogP contribution in [0.2, 0.25) is 0 Å². The molecule has 1 nitrogen and oxygen atoms in total. The van der Waals surface area contributed by atoms with Crippen LogP contribution in [0.4, 0.5) is 0 Å². The second kappa shape index (κ2) is 0.971. The molecule has 0 heterocycles. The Morgan fingerprint density at radius 3 is 1.75 bits per heavy atom. The molecule has 0 amide bonds. The summed E-state index contributed by atoms with van der Waals surface area (Å²) in [5.74, 6) is 1.86. The summed E-state index contributed by atoms with van der Waals surface area (Å²) >= 11 is 0. The number of rotatable bonds is 0. The Bertz CT molecular complexity index is 122. The molecular weight excluding hydrogens is 98.1 g/mol. The molecule has 0 aromatic rings. The molecular formula is C7H13N. The molecule has 2 fully saturated rings. The third-order valence-electron chi connectivity index (χ3n) is 3.44. The lowest BCUT2D eigenvalue weighted by atomic mass is 10.3. The van der Waals surface area contributed by atoms with Crippen molar-refractivity contribution < 1.29 is 0 Å². The molecule has 0 aromatic heterocycles. The standard InChI is InChI=1S/C7H13N/c1-4-5(2)7(4)3-6(7)8/h4-6H,3,8H2,1-2H3. The Labute approximate surface area is 50.3 Å². The van der Waals surface area contributed by atoms with Crippen molar-refractivity contribution >= 4 is 0 Å². The fourth-order valence-corrected chi connectivity index (χ4v) is 2.26. The van der Waals surface area contributed by atoms with Crippen molar-refractivity contribution in [2.24, 2.45) is 23.0 Å². The fraction of sp³-hybridized carbons (Fsp3) is 1.00. The topological polar surface area (TPSA) is 26.0 Å². The van der Waals surface area contributed by atoms with Crippen molar-refractivity contribution in [3.63, 3.8) is 0 Å². The minimum Gasteiger partial charge on any atom is -0.327 e. The molecule has 2 rings (SSSR count). The van der Waals surface area contributed by atoms with Crippen LogP contribution in [0.3, 0.4) is 0 Å². The van der Waals surface area contributed by atoms with Gasteiger partial charge >= 0.3 is 0 Å². The Morgan fingerprint density at radius 2 is 1.75 bits per heavy atom. The number of nitrogens with two attached hydrogens (primary N) is 1. The highest BCUT2D eigenvalue weighted by molar-refractivity contribution is 5.24. The molecule has 8 heavy (non-hydrogen) atoms. The molecule has 2 aliphatic rings. The molecule has 3 unspecified atom stereocenters. The fourth-order valence-electron chi connectivity index (χ4n) is 2.26. The van der Waals surface area contributed by atoms with Crippen molar-refractivity contribution in [1.29, 1.82) is 0 Å². The Morgan fingerprint density at radius 1 is 1.38 bits per heavy atom. The maximum absolute atomic E-state index is 5.74. The van der Waals surface area contributed by atoms with Gasteiger partial charge in [-0.1, -0.05) is 13.8 Å². The van der Waals surface area contributed by atoms with E-state index in [-0.39, 0.29) is 0 Å². The van der Waals surface area contributed by atoms with Gasteiger partial charge in [-0.25, -0.2) is 0 Å². The van der Waals surface area contributed by atoms with Gasteiger partial charge in [-0.05, 0) is 23.7 Å². The van der Waals surface area contributed by atoms with E-state index >= 15 is 0 Å². The van der Waals surface area contributed by atoms with Gasteiger partial charge < -0.3 is 5.73 Å². The maximum Gasteiger partial charge on any atom is 0.0107 e. The largest absolute Gasteiger partial charge is 0.327 e. The van der Waals surface area contributed by atoms with Gasteiger partial charge in [0.2, 0.25) is 0 Å². The molecule has 46 valence electrons. The Hall–Kier alpha value is -0.0400. The van der Waals surface area contributed by atoms with Crippen molar-refractivity contribution in [3.05, 3.63) is 0 Å². The molecule has 0 radical (unpaired) electrons. The van der Waals surface area contributed by atoms with Gasteiger partial charge in [-0.15, -0.1) is 0 Å². The first kappa shape index (κ1) is 4.80. The van der Waals surface area contributed by atoms with Gasteiger partial charge in [0.25, 0.3) is 0 Å². The lowest BCUT2D eigenvalue weighted by Gasteiger charge is -1.81. The second-order valence-electron chi connectivity index (χ2n) is 3.50. The summed E-state index contributed by atoms with van der Waals surface area (Å²) in [4.78, 5) is 0. The van der Waals surface area contributed by atoms with E-state index in [2.05, 4.69) is 13.8 Å². The minimum atomic E-state index is 0.562. The summed E-state index contributed by atoms with van der Waals surface area (Å²) in [5.41, 5.74) is 6.40. The van der Waals surface area contributed by atoms with E-state index in [1.54, 1.807) is 0 Å². The van der Waals surface area contributed by atoms with Gasteiger partial charge in [0.1, 0.15) is 0 Å². The average Bonchev–Trinajstić information content (AvgIpc) is 2.47. The van der Waals surface area contributed by atoms with E-state index in [0.717, 1.165) is 11.8 Å². The number of hydrogen-bond acceptors (Lipinski definition) is 1. The van der Waals surface area contributed by atoms with Crippen LogP contribution in [0.25, 0.3) is 0 Å². The first-order valence-electron chi connectivity index (χ1n) is 3.45. The highest BCUT2D eigenvalue weighted by Crippen LogP contribution is 2.73. The summed E-state index contributed by atoms with van der Waals surface area (Å²) in [6.45, 7) is 4.63. The predicted molar refractivity (Wildman–Crippen MR) is 33.4 cm³/mol. The molecule has 1 spiro atoms. The van der Waals surface area contributed by atoms with Crippen molar-refractivity contribution in [2.75, 3.05) is 0 Å². The normalized spacial score (nSPS) is 68.6. The average molecular weight is 111 g/mol. The molecule has 2 aliphatic carbocycles. The van der Waals surface area contributed by atoms with Crippen LogP contribution >= 0.6 is 0 Å². The van der Waals surface area contributed by atoms with E-state index < -0.39 is 0 Å². The summed E-state index contributed by atoms with van der Waals surface area (Å²) in [5, 5.41) is 0. The molecule has 0 aromatic carbocycles. The first-order valence-corrected chi connectivity index (χ1v) is 3.45. The van der Waals surface area contributed by atoms with Crippen LogP contribution in [0, 0.1) is 17.3 Å². The lowest BCUT2D eigenvalue weighted by Crippen LogP contribution is -2.03. The van der Waals surface area contributed by atoms with Crippen LogP contribution in [0.15, 0.2) is 0 Å². The summed E-state index contributed by atoms with van der Waals surface area (Å²) in [7, 11) is 0. The molecule has 3 atom stereocenters. The zero-order valence-corrected chi connectivity index (χ0v) is 5.52. The third kappa shape index (κ3) is 0.278. The quantitative estimate of drug-likeness (QED) is 0.495. The molecule has 2 N–H and O–H groups in total. The Kier molecular flexibility index (Phi) is 0.583. The minimum absolute atomic E-state index is 0.562. The van der Waals surface area contributed by atoms with Crippen LogP contribution in [-0.4, -0.2) is 6.04 Å². The van der Waals surface area contributed by atoms with Gasteiger partial charge in [-0.3, -0.25) is 0 Å². The monoisotopic (exact) mass is 111 g/mol. The summed E-state index contributed by atoms with van der Waals surface area (Å²) in [6, 6.07) is 0.562. The van der Waals surface area contributed by atoms with E-state index in [0.29, 0.717) is 11.5 Å². The van der Waals surface area contributed by atoms with E-state index in [1.807, 2.05) is 0 Å². The molecule has 0 saturated heterocycles. The first-order chi connectivity index (χ1) is 3.69. The molecule has 0 aliphatic heterocycles. The van der Waals surface area contributed by atoms with Crippen LogP contribution in [-0.2, 0) is 0 Å². The lowest BCUT2D eigenvalue weighted by molar-refractivity contribution is 0.712. The highest BCUT2D eigenvalue weighted by atomic mass is 14.9.